The van der Waals surface area contributed by atoms with E-state index in [0.717, 1.165) is 55.6 Å². The molecule has 0 saturated carbocycles. The first-order valence-corrected chi connectivity index (χ1v) is 30.0. The van der Waals surface area contributed by atoms with Crippen LogP contribution < -0.4 is 50.6 Å². The van der Waals surface area contributed by atoms with E-state index in [9.17, 15) is 33.9 Å². The minimum Gasteiger partial charge on any atom is -0.545 e. The van der Waals surface area contributed by atoms with Crippen LogP contribution in [0.1, 0.15) is 104 Å². The SMILES string of the molecule is CC(C)(C)OC(=O)c1ccc(-c2ccccc2)cc1NC(=O)c1cncc(-c2ccncc2)c1.CC(C)(C)OC(=O)c1ccc(-c2ccccc2)cc1NC(=O)c1cncc(Br)c1.O=C(Nc1cc(-c2ccccc2)ccc1C(=O)[O-])c1cncc(-c2ccncc2)c1.[Na+]. The largest absolute Gasteiger partial charge is 1.00 e. The number of ether oxygens (including phenoxy) is 2. The molecule has 0 bridgehead atoms. The van der Waals surface area contributed by atoms with Crippen LogP contribution in [0.5, 0.6) is 0 Å². The van der Waals surface area contributed by atoms with E-state index >= 15 is 0 Å². The fourth-order valence-electron chi connectivity index (χ4n) is 9.23. The molecule has 6 aromatic carbocycles. The summed E-state index contributed by atoms with van der Waals surface area (Å²) in [5, 5.41) is 20.0. The summed E-state index contributed by atoms with van der Waals surface area (Å²) in [4.78, 5) is 96.3. The van der Waals surface area contributed by atoms with Gasteiger partial charge in [-0.2, -0.15) is 0 Å². The number of hydrogen-bond donors (Lipinski definition) is 3. The summed E-state index contributed by atoms with van der Waals surface area (Å²) < 4.78 is 11.8. The molecule has 3 N–H and O–H groups in total. The van der Waals surface area contributed by atoms with Crippen LogP contribution in [0.4, 0.5) is 17.1 Å². The molecule has 0 fully saturated rings. The van der Waals surface area contributed by atoms with Gasteiger partial charge in [-0.1, -0.05) is 115 Å². The minimum atomic E-state index is -1.37. The van der Waals surface area contributed by atoms with E-state index in [-0.39, 0.29) is 63.7 Å². The average Bonchev–Trinajstić information content (AvgIpc) is 0.844. The van der Waals surface area contributed by atoms with E-state index < -0.39 is 35.0 Å². The maximum atomic E-state index is 13.2. The van der Waals surface area contributed by atoms with Crippen LogP contribution in [0.2, 0.25) is 0 Å². The zero-order valence-electron chi connectivity index (χ0n) is 52.5. The number of hydrogen-bond acceptors (Lipinski definition) is 14. The fraction of sp³-hybridized carbons (Fsp3) is 0.107. The number of carbonyl (C=O) groups is 6. The predicted molar refractivity (Wildman–Crippen MR) is 361 cm³/mol. The third-order valence-electron chi connectivity index (χ3n) is 13.6. The first-order valence-electron chi connectivity index (χ1n) is 29.2. The van der Waals surface area contributed by atoms with Gasteiger partial charge in [0, 0.05) is 83.1 Å². The van der Waals surface area contributed by atoms with Gasteiger partial charge in [0.25, 0.3) is 17.7 Å². The molecule has 0 aliphatic rings. The van der Waals surface area contributed by atoms with E-state index in [1.54, 1.807) is 140 Å². The van der Waals surface area contributed by atoms with E-state index in [2.05, 4.69) is 56.8 Å². The number of carbonyl (C=O) groups excluding carboxylic acids is 6. The van der Waals surface area contributed by atoms with Gasteiger partial charge >= 0.3 is 41.5 Å². The quantitative estimate of drug-likeness (QED) is 0.0677. The summed E-state index contributed by atoms with van der Waals surface area (Å²) in [6, 6.07) is 56.7. The van der Waals surface area contributed by atoms with Crippen LogP contribution in [-0.4, -0.2) is 71.8 Å². The van der Waals surface area contributed by atoms with E-state index in [1.165, 1.54) is 24.7 Å². The van der Waals surface area contributed by atoms with Gasteiger partial charge in [-0.25, -0.2) is 9.59 Å². The summed E-state index contributed by atoms with van der Waals surface area (Å²) in [6.07, 6.45) is 16.0. The Morgan fingerprint density at radius 1 is 0.351 bits per heavy atom. The Morgan fingerprint density at radius 2 is 0.660 bits per heavy atom. The molecule has 11 rings (SSSR count). The Bertz CT molecular complexity index is 4480. The van der Waals surface area contributed by atoms with Gasteiger partial charge in [0.1, 0.15) is 11.2 Å². The van der Waals surface area contributed by atoms with Gasteiger partial charge in [0.05, 0.1) is 50.8 Å². The maximum Gasteiger partial charge on any atom is 1.00 e. The Kier molecular flexibility index (Phi) is 23.6. The van der Waals surface area contributed by atoms with Crippen LogP contribution in [0.3, 0.4) is 0 Å². The molecule has 11 aromatic rings. The molecular weight excluding hydrogens is 1260 g/mol. The number of aromatic carboxylic acids is 1. The van der Waals surface area contributed by atoms with Gasteiger partial charge < -0.3 is 35.3 Å². The van der Waals surface area contributed by atoms with Crippen LogP contribution >= 0.6 is 15.9 Å². The summed E-state index contributed by atoms with van der Waals surface area (Å²) in [5.74, 6) is -3.59. The van der Waals surface area contributed by atoms with Crippen molar-refractivity contribution in [2.24, 2.45) is 0 Å². The van der Waals surface area contributed by atoms with Crippen LogP contribution in [-0.2, 0) is 9.47 Å². The molecule has 0 aliphatic heterocycles. The van der Waals surface area contributed by atoms with Gasteiger partial charge in [0.15, 0.2) is 0 Å². The molecule has 19 heteroatoms. The standard InChI is InChI=1S/C28H25N3O3.C24H17N3O3.C23H21BrN2O3.Na/c1-28(2,3)34-27(33)24-10-9-21(19-7-5-4-6-8-19)16-25(24)31-26(32)23-15-22(17-30-18-23)20-11-13-29-14-12-20;28-23(20-12-19(14-26-15-20)17-8-10-25-11-9-17)27-22-13-18(6-7-21(22)24(29)30)16-4-2-1-3-5-16;1-23(2,3)29-22(28)19-10-9-16(15-7-5-4-6-8-15)12-20(19)26-21(27)17-11-18(24)14-25-13-17;/h4-18H,1-3H3,(H,31,32);1-15H,(H,27,28)(H,29,30);4-14H,1-3H3,(H,26,27);/q;;;+1/p-1. The van der Waals surface area contributed by atoms with Gasteiger partial charge in [-0.05, 0) is 175 Å². The number of nitrogens with zero attached hydrogens (tertiary/aromatic N) is 5. The van der Waals surface area contributed by atoms with E-state index in [1.807, 2.05) is 127 Å². The molecule has 0 spiro atoms. The van der Waals surface area contributed by atoms with Crippen molar-refractivity contribution in [3.05, 3.63) is 288 Å². The second-order valence-corrected chi connectivity index (χ2v) is 23.7. The number of aromatic nitrogens is 5. The monoisotopic (exact) mass is 1320 g/mol. The molecule has 464 valence electrons. The number of amides is 3. The Morgan fingerprint density at radius 3 is 0.989 bits per heavy atom. The molecule has 94 heavy (non-hydrogen) atoms. The Labute approximate surface area is 574 Å². The Hall–Kier alpha value is -10.6. The van der Waals surface area contributed by atoms with Crippen molar-refractivity contribution >= 4 is 68.6 Å². The van der Waals surface area contributed by atoms with Crippen molar-refractivity contribution in [2.75, 3.05) is 16.0 Å². The number of halogens is 1. The first-order chi connectivity index (χ1) is 44.6. The maximum absolute atomic E-state index is 13.2. The smallest absolute Gasteiger partial charge is 0.545 e. The summed E-state index contributed by atoms with van der Waals surface area (Å²) in [6.45, 7) is 10.8. The van der Waals surface area contributed by atoms with Gasteiger partial charge in [-0.15, -0.1) is 0 Å². The zero-order valence-corrected chi connectivity index (χ0v) is 56.0. The molecule has 17 nitrogen and oxygen atoms in total. The van der Waals surface area contributed by atoms with E-state index in [0.29, 0.717) is 32.5 Å². The zero-order chi connectivity index (χ0) is 66.1. The summed E-state index contributed by atoms with van der Waals surface area (Å²) >= 11 is 3.31. The summed E-state index contributed by atoms with van der Waals surface area (Å²) in [7, 11) is 0. The molecule has 5 heterocycles. The average molecular weight is 1320 g/mol. The number of benzene rings is 6. The normalized spacial score (nSPS) is 10.7. The van der Waals surface area contributed by atoms with Crippen molar-refractivity contribution < 1.29 is 72.9 Å². The number of esters is 2. The van der Waals surface area contributed by atoms with Crippen molar-refractivity contribution in [1.29, 1.82) is 0 Å². The fourth-order valence-corrected chi connectivity index (χ4v) is 9.59. The van der Waals surface area contributed by atoms with Gasteiger partial charge in [-0.3, -0.25) is 39.3 Å². The summed E-state index contributed by atoms with van der Waals surface area (Å²) in [5.41, 5.74) is 9.80. The van der Waals surface area contributed by atoms with Crippen molar-refractivity contribution in [3.8, 4) is 55.6 Å². The molecule has 3 amide bonds. The van der Waals surface area contributed by atoms with E-state index in [4.69, 9.17) is 9.47 Å². The van der Waals surface area contributed by atoms with Crippen LogP contribution in [0.15, 0.2) is 254 Å². The molecule has 0 radical (unpaired) electrons. The van der Waals surface area contributed by atoms with Crippen molar-refractivity contribution in [2.45, 2.75) is 52.7 Å². The number of carboxylic acid groups (broad SMARTS) is 1. The molecule has 0 aliphatic carbocycles. The van der Waals surface area contributed by atoms with Crippen LogP contribution in [0.25, 0.3) is 55.6 Å². The molecule has 5 aromatic heterocycles. The molecule has 0 saturated heterocycles. The minimum absolute atomic E-state index is 0. The third kappa shape index (κ3) is 19.5. The molecule has 0 atom stereocenters. The first kappa shape index (κ1) is 69.3. The Balaban J connectivity index is 0.000000181. The second-order valence-electron chi connectivity index (χ2n) is 22.8. The number of carboxylic acids is 1. The molecule has 0 unspecified atom stereocenters. The van der Waals surface area contributed by atoms with Crippen LogP contribution in [0, 0.1) is 0 Å². The topological polar surface area (TPSA) is 244 Å². The van der Waals surface area contributed by atoms with Crippen molar-refractivity contribution in [3.63, 3.8) is 0 Å². The number of anilines is 3. The number of nitrogens with one attached hydrogen (secondary N) is 3. The second kappa shape index (κ2) is 32.1. The number of pyridine rings is 5. The third-order valence-corrected chi connectivity index (χ3v) is 14.0. The predicted octanol–water partition coefficient (Wildman–Crippen LogP) is 12.2. The van der Waals surface area contributed by atoms with Crippen molar-refractivity contribution in [1.82, 2.24) is 24.9 Å². The van der Waals surface area contributed by atoms with Gasteiger partial charge in [0.2, 0.25) is 0 Å². The molecular formula is C75H62BrN8NaO9. The number of rotatable bonds is 14.